The number of hydrogen-bond donors (Lipinski definition) is 1. The van der Waals surface area contributed by atoms with Gasteiger partial charge in [-0.05, 0) is 48.8 Å². The maximum atomic E-state index is 3.53. The molecule has 3 heteroatoms. The van der Waals surface area contributed by atoms with E-state index in [0.29, 0.717) is 0 Å². The van der Waals surface area contributed by atoms with Gasteiger partial charge in [0.05, 0.1) is 0 Å². The van der Waals surface area contributed by atoms with E-state index in [1.54, 1.807) is 11.3 Å². The monoisotopic (exact) mass is 210 g/mol. The van der Waals surface area contributed by atoms with Gasteiger partial charge in [0.2, 0.25) is 0 Å². The van der Waals surface area contributed by atoms with E-state index >= 15 is 0 Å². The van der Waals surface area contributed by atoms with Crippen LogP contribution < -0.4 is 5.32 Å². The number of nitrogens with zero attached hydrogens (tertiary/aromatic N) is 1. The maximum Gasteiger partial charge on any atom is 0.0239 e. The quantitative estimate of drug-likeness (QED) is 0.817. The van der Waals surface area contributed by atoms with Crippen LogP contribution in [0.1, 0.15) is 18.4 Å². The Morgan fingerprint density at radius 1 is 1.64 bits per heavy atom. The summed E-state index contributed by atoms with van der Waals surface area (Å²) in [4.78, 5) is 2.41. The molecule has 1 N–H and O–H groups in total. The van der Waals surface area contributed by atoms with Gasteiger partial charge in [-0.1, -0.05) is 0 Å². The average Bonchev–Trinajstić information content (AvgIpc) is 2.76. The van der Waals surface area contributed by atoms with Gasteiger partial charge in [-0.25, -0.2) is 0 Å². The van der Waals surface area contributed by atoms with Crippen LogP contribution in [0.15, 0.2) is 16.8 Å². The number of likely N-dealkylation sites (N-methyl/N-ethyl adjacent to an activating group) is 1. The Morgan fingerprint density at radius 2 is 2.57 bits per heavy atom. The Balaban J connectivity index is 1.75. The maximum absolute atomic E-state index is 3.53. The van der Waals surface area contributed by atoms with Crippen LogP contribution in [-0.2, 0) is 6.54 Å². The molecule has 14 heavy (non-hydrogen) atoms. The summed E-state index contributed by atoms with van der Waals surface area (Å²) in [6.45, 7) is 3.47. The minimum Gasteiger partial charge on any atom is -0.313 e. The standard InChI is InChI=1S/C11H18N2S/c1-13(7-10-4-6-14-9-10)8-11-3-2-5-12-11/h4,6,9,11-12H,2-3,5,7-8H2,1H3/t11-/m0/s1. The van der Waals surface area contributed by atoms with E-state index in [1.165, 1.54) is 31.5 Å². The summed E-state index contributed by atoms with van der Waals surface area (Å²) in [5.41, 5.74) is 1.44. The molecule has 0 unspecified atom stereocenters. The van der Waals surface area contributed by atoms with E-state index in [4.69, 9.17) is 0 Å². The van der Waals surface area contributed by atoms with Gasteiger partial charge in [0.1, 0.15) is 0 Å². The Bertz CT molecular complexity index is 252. The molecule has 1 atom stereocenters. The van der Waals surface area contributed by atoms with Crippen LogP contribution in [0.5, 0.6) is 0 Å². The number of rotatable bonds is 4. The molecule has 1 aromatic rings. The Kier molecular flexibility index (Phi) is 3.56. The first-order valence-electron chi connectivity index (χ1n) is 5.27. The van der Waals surface area contributed by atoms with Gasteiger partial charge in [-0.2, -0.15) is 11.3 Å². The van der Waals surface area contributed by atoms with Crippen molar-refractivity contribution in [2.75, 3.05) is 20.1 Å². The third-order valence-electron chi connectivity index (χ3n) is 2.73. The van der Waals surface area contributed by atoms with Crippen LogP contribution in [0, 0.1) is 0 Å². The summed E-state index contributed by atoms with van der Waals surface area (Å²) in [5, 5.41) is 7.91. The molecule has 0 aliphatic carbocycles. The zero-order chi connectivity index (χ0) is 9.80. The highest BCUT2D eigenvalue weighted by Crippen LogP contribution is 2.11. The minimum atomic E-state index is 0.721. The van der Waals surface area contributed by atoms with Crippen molar-refractivity contribution in [1.29, 1.82) is 0 Å². The van der Waals surface area contributed by atoms with Crippen molar-refractivity contribution >= 4 is 11.3 Å². The first-order chi connectivity index (χ1) is 6.84. The van der Waals surface area contributed by atoms with E-state index in [-0.39, 0.29) is 0 Å². The second-order valence-electron chi connectivity index (χ2n) is 4.12. The first kappa shape index (κ1) is 10.1. The summed E-state index contributed by atoms with van der Waals surface area (Å²) in [6.07, 6.45) is 2.69. The lowest BCUT2D eigenvalue weighted by atomic mass is 10.2. The van der Waals surface area contributed by atoms with Gasteiger partial charge >= 0.3 is 0 Å². The number of hydrogen-bond acceptors (Lipinski definition) is 3. The molecule has 78 valence electrons. The zero-order valence-electron chi connectivity index (χ0n) is 8.70. The lowest BCUT2D eigenvalue weighted by Gasteiger charge is -2.20. The fraction of sp³-hybridized carbons (Fsp3) is 0.636. The van der Waals surface area contributed by atoms with Gasteiger partial charge in [-0.3, -0.25) is 0 Å². The van der Waals surface area contributed by atoms with Gasteiger partial charge in [-0.15, -0.1) is 0 Å². The number of nitrogens with one attached hydrogen (secondary N) is 1. The van der Waals surface area contributed by atoms with E-state index in [0.717, 1.165) is 12.6 Å². The van der Waals surface area contributed by atoms with Crippen molar-refractivity contribution in [2.45, 2.75) is 25.4 Å². The van der Waals surface area contributed by atoms with Gasteiger partial charge in [0.15, 0.2) is 0 Å². The fourth-order valence-corrected chi connectivity index (χ4v) is 2.71. The predicted molar refractivity (Wildman–Crippen MR) is 61.7 cm³/mol. The van der Waals surface area contributed by atoms with Crippen molar-refractivity contribution in [3.63, 3.8) is 0 Å². The second kappa shape index (κ2) is 4.91. The van der Waals surface area contributed by atoms with Crippen molar-refractivity contribution in [1.82, 2.24) is 10.2 Å². The molecule has 0 aromatic carbocycles. The SMILES string of the molecule is CN(Cc1ccsc1)C[C@@H]1CCCN1. The van der Waals surface area contributed by atoms with Crippen molar-refractivity contribution in [3.05, 3.63) is 22.4 Å². The largest absolute Gasteiger partial charge is 0.313 e. The summed E-state index contributed by atoms with van der Waals surface area (Å²) in [5.74, 6) is 0. The molecule has 1 aromatic heterocycles. The molecule has 1 fully saturated rings. The molecule has 1 saturated heterocycles. The van der Waals surface area contributed by atoms with Crippen LogP contribution in [0.4, 0.5) is 0 Å². The van der Waals surface area contributed by atoms with Crippen molar-refractivity contribution in [2.24, 2.45) is 0 Å². The highest BCUT2D eigenvalue weighted by molar-refractivity contribution is 7.07. The van der Waals surface area contributed by atoms with Crippen molar-refractivity contribution < 1.29 is 0 Å². The average molecular weight is 210 g/mol. The molecular formula is C11H18N2S. The molecule has 0 radical (unpaired) electrons. The molecule has 0 spiro atoms. The van der Waals surface area contributed by atoms with Crippen LogP contribution in [0.2, 0.25) is 0 Å². The van der Waals surface area contributed by atoms with Crippen molar-refractivity contribution in [3.8, 4) is 0 Å². The van der Waals surface area contributed by atoms with E-state index in [9.17, 15) is 0 Å². The third-order valence-corrected chi connectivity index (χ3v) is 3.46. The van der Waals surface area contributed by atoms with Gasteiger partial charge < -0.3 is 10.2 Å². The lowest BCUT2D eigenvalue weighted by molar-refractivity contribution is 0.293. The molecular weight excluding hydrogens is 192 g/mol. The van der Waals surface area contributed by atoms with Gasteiger partial charge in [0.25, 0.3) is 0 Å². The fourth-order valence-electron chi connectivity index (χ4n) is 2.05. The highest BCUT2D eigenvalue weighted by atomic mass is 32.1. The van der Waals surface area contributed by atoms with E-state index in [1.807, 2.05) is 0 Å². The summed E-state index contributed by atoms with van der Waals surface area (Å²) in [6, 6.07) is 2.93. The molecule has 1 aliphatic rings. The third kappa shape index (κ3) is 2.80. The lowest BCUT2D eigenvalue weighted by Crippen LogP contribution is -2.34. The summed E-state index contributed by atoms with van der Waals surface area (Å²) >= 11 is 1.78. The minimum absolute atomic E-state index is 0.721. The number of thiophene rings is 1. The van der Waals surface area contributed by atoms with Gasteiger partial charge in [0, 0.05) is 19.1 Å². The molecule has 2 rings (SSSR count). The second-order valence-corrected chi connectivity index (χ2v) is 4.90. The molecule has 0 bridgehead atoms. The molecule has 2 nitrogen and oxygen atoms in total. The molecule has 2 heterocycles. The summed E-state index contributed by atoms with van der Waals surface area (Å²) < 4.78 is 0. The highest BCUT2D eigenvalue weighted by Gasteiger charge is 2.15. The van der Waals surface area contributed by atoms with Crippen LogP contribution in [0.25, 0.3) is 0 Å². The zero-order valence-corrected chi connectivity index (χ0v) is 9.52. The summed E-state index contributed by atoms with van der Waals surface area (Å²) in [7, 11) is 2.21. The van der Waals surface area contributed by atoms with Crippen LogP contribution in [0.3, 0.4) is 0 Å². The first-order valence-corrected chi connectivity index (χ1v) is 6.22. The Labute approximate surface area is 89.9 Å². The Hall–Kier alpha value is -0.380. The normalized spacial score (nSPS) is 22.0. The van der Waals surface area contributed by atoms with Crippen LogP contribution >= 0.6 is 11.3 Å². The topological polar surface area (TPSA) is 15.3 Å². The van der Waals surface area contributed by atoms with Crippen LogP contribution in [-0.4, -0.2) is 31.1 Å². The molecule has 0 saturated carbocycles. The predicted octanol–water partition coefficient (Wildman–Crippen LogP) is 1.93. The van der Waals surface area contributed by atoms with E-state index < -0.39 is 0 Å². The molecule has 0 amide bonds. The van der Waals surface area contributed by atoms with E-state index in [2.05, 4.69) is 34.1 Å². The Morgan fingerprint density at radius 3 is 3.21 bits per heavy atom. The molecule has 1 aliphatic heterocycles. The smallest absolute Gasteiger partial charge is 0.0239 e.